The zero-order valence-electron chi connectivity index (χ0n) is 16.3. The number of imidazole rings is 1. The van der Waals surface area contributed by atoms with Crippen molar-refractivity contribution in [2.45, 2.75) is 12.3 Å². The maximum atomic E-state index is 13.3. The summed E-state index contributed by atoms with van der Waals surface area (Å²) in [6, 6.07) is 21.5. The summed E-state index contributed by atoms with van der Waals surface area (Å²) in [5, 5.41) is 12.0. The van der Waals surface area contributed by atoms with Crippen molar-refractivity contribution in [3.8, 4) is 6.01 Å². The van der Waals surface area contributed by atoms with Crippen LogP contribution in [-0.2, 0) is 12.3 Å². The number of hydrogen-bond acceptors (Lipinski definition) is 5. The quantitative estimate of drug-likeness (QED) is 0.474. The highest BCUT2D eigenvalue weighted by molar-refractivity contribution is 6.00. The van der Waals surface area contributed by atoms with E-state index in [0.717, 1.165) is 5.56 Å². The fourth-order valence-corrected chi connectivity index (χ4v) is 4.02. The molecule has 1 aromatic heterocycles. The average Bonchev–Trinajstić information content (AvgIpc) is 3.26. The van der Waals surface area contributed by atoms with Crippen LogP contribution in [0.3, 0.4) is 0 Å². The Kier molecular flexibility index (Phi) is 4.23. The van der Waals surface area contributed by atoms with Gasteiger partial charge in [-0.2, -0.15) is 4.98 Å². The number of ether oxygens (including phenoxy) is 1. The second kappa shape index (κ2) is 6.96. The lowest BCUT2D eigenvalue weighted by Gasteiger charge is -2.35. The summed E-state index contributed by atoms with van der Waals surface area (Å²) in [7, 11) is 0. The first-order chi connectivity index (χ1) is 15.0. The molecule has 0 saturated heterocycles. The molecule has 0 saturated carbocycles. The van der Waals surface area contributed by atoms with Gasteiger partial charge in [-0.3, -0.25) is 9.69 Å². The van der Waals surface area contributed by atoms with Crippen LogP contribution in [0, 0.1) is 0 Å². The fourth-order valence-electron chi connectivity index (χ4n) is 4.02. The summed E-state index contributed by atoms with van der Waals surface area (Å²) in [6.45, 7) is 0.224. The Labute approximate surface area is 176 Å². The van der Waals surface area contributed by atoms with Gasteiger partial charge in [0.2, 0.25) is 0 Å². The number of aromatic amines is 1. The lowest BCUT2D eigenvalue weighted by atomic mass is 9.93. The zero-order valence-corrected chi connectivity index (χ0v) is 16.3. The van der Waals surface area contributed by atoms with Crippen molar-refractivity contribution in [2.75, 3.05) is 0 Å². The smallest absolute Gasteiger partial charge is 0.376 e. The Hall–Kier alpha value is -4.17. The molecule has 2 amide bonds. The van der Waals surface area contributed by atoms with Gasteiger partial charge >= 0.3 is 12.1 Å². The Balaban J connectivity index is 1.64. The minimum absolute atomic E-state index is 0.0457. The van der Waals surface area contributed by atoms with Crippen LogP contribution in [0.5, 0.6) is 6.01 Å². The van der Waals surface area contributed by atoms with E-state index in [0.29, 0.717) is 27.7 Å². The lowest BCUT2D eigenvalue weighted by molar-refractivity contribution is -0.0542. The van der Waals surface area contributed by atoms with Gasteiger partial charge in [-0.05, 0) is 23.8 Å². The highest BCUT2D eigenvalue weighted by atomic mass is 16.6. The number of aliphatic hydroxyl groups is 1. The summed E-state index contributed by atoms with van der Waals surface area (Å²) < 4.78 is 4.81. The summed E-state index contributed by atoms with van der Waals surface area (Å²) in [6.07, 6.45) is -0.984. The molecular weight excluding hydrogens is 396 g/mol. The number of nitrogens with two attached hydrogens (primary N) is 1. The molecule has 154 valence electrons. The fraction of sp³-hybridized carbons (Fsp3) is 0.0870. The van der Waals surface area contributed by atoms with Crippen molar-refractivity contribution in [3.05, 3.63) is 95.1 Å². The molecule has 4 N–H and O–H groups in total. The standard InChI is InChI=1S/C23H18N4O4/c24-21(29)31-22-25-18-11-10-15(12-19(18)26-22)23(30)17-9-5-4-8-16(17)20(28)27(23)13-14-6-2-1-3-7-14/h1-12,30H,13H2,(H2,24,29)(H,25,26). The van der Waals surface area contributed by atoms with Crippen LogP contribution in [0.2, 0.25) is 0 Å². The summed E-state index contributed by atoms with van der Waals surface area (Å²) in [5.41, 5.74) is 6.73. The zero-order chi connectivity index (χ0) is 21.6. The number of carbonyl (C=O) groups excluding carboxylic acids is 2. The Morgan fingerprint density at radius 2 is 1.84 bits per heavy atom. The molecule has 8 heteroatoms. The van der Waals surface area contributed by atoms with Gasteiger partial charge < -0.3 is 20.6 Å². The highest BCUT2D eigenvalue weighted by Crippen LogP contribution is 2.43. The lowest BCUT2D eigenvalue weighted by Crippen LogP contribution is -2.44. The molecule has 0 aliphatic carbocycles. The van der Waals surface area contributed by atoms with Crippen molar-refractivity contribution in [1.82, 2.24) is 14.9 Å². The third-order valence-corrected chi connectivity index (χ3v) is 5.41. The number of aromatic nitrogens is 2. The van der Waals surface area contributed by atoms with E-state index < -0.39 is 11.8 Å². The molecule has 0 fully saturated rings. The van der Waals surface area contributed by atoms with Gasteiger partial charge in [-0.1, -0.05) is 54.6 Å². The van der Waals surface area contributed by atoms with Gasteiger partial charge in [0.15, 0.2) is 5.72 Å². The van der Waals surface area contributed by atoms with Crippen LogP contribution in [0.25, 0.3) is 11.0 Å². The molecule has 3 aromatic carbocycles. The predicted molar refractivity (Wildman–Crippen MR) is 112 cm³/mol. The Morgan fingerprint density at radius 3 is 2.61 bits per heavy atom. The van der Waals surface area contributed by atoms with Crippen LogP contribution in [-0.4, -0.2) is 32.0 Å². The first kappa shape index (κ1) is 18.8. The highest BCUT2D eigenvalue weighted by Gasteiger charge is 2.49. The van der Waals surface area contributed by atoms with Crippen LogP contribution >= 0.6 is 0 Å². The number of rotatable bonds is 4. The molecule has 1 atom stereocenters. The number of fused-ring (bicyclic) bond motifs is 2. The number of amides is 2. The number of hydrogen-bond donors (Lipinski definition) is 3. The minimum atomic E-state index is -1.69. The van der Waals surface area contributed by atoms with E-state index in [1.165, 1.54) is 4.90 Å². The number of primary amides is 1. The summed E-state index contributed by atoms with van der Waals surface area (Å²) >= 11 is 0. The van der Waals surface area contributed by atoms with Crippen LogP contribution in [0.1, 0.15) is 27.0 Å². The van der Waals surface area contributed by atoms with E-state index in [9.17, 15) is 14.7 Å². The van der Waals surface area contributed by atoms with E-state index >= 15 is 0 Å². The predicted octanol–water partition coefficient (Wildman–Crippen LogP) is 2.87. The number of nitrogens with zero attached hydrogens (tertiary/aromatic N) is 2. The number of H-pyrrole nitrogens is 1. The van der Waals surface area contributed by atoms with Crippen molar-refractivity contribution in [3.63, 3.8) is 0 Å². The van der Waals surface area contributed by atoms with Gasteiger partial charge in [0.05, 0.1) is 11.0 Å². The molecular formula is C23H18N4O4. The van der Waals surface area contributed by atoms with Gasteiger partial charge in [0.25, 0.3) is 5.91 Å². The summed E-state index contributed by atoms with van der Waals surface area (Å²) in [4.78, 5) is 32.7. The third kappa shape index (κ3) is 3.01. The van der Waals surface area contributed by atoms with Gasteiger partial charge in [0.1, 0.15) is 0 Å². The number of nitrogens with one attached hydrogen (secondary N) is 1. The van der Waals surface area contributed by atoms with Crippen molar-refractivity contribution < 1.29 is 19.4 Å². The van der Waals surface area contributed by atoms with E-state index in [-0.39, 0.29) is 18.5 Å². The summed E-state index contributed by atoms with van der Waals surface area (Å²) in [5.74, 6) is -0.260. The third-order valence-electron chi connectivity index (χ3n) is 5.41. The molecule has 4 aromatic rings. The van der Waals surface area contributed by atoms with E-state index in [1.54, 1.807) is 42.5 Å². The van der Waals surface area contributed by atoms with Gasteiger partial charge in [-0.25, -0.2) is 4.79 Å². The molecule has 31 heavy (non-hydrogen) atoms. The monoisotopic (exact) mass is 414 g/mol. The van der Waals surface area contributed by atoms with E-state index in [1.807, 2.05) is 30.3 Å². The topological polar surface area (TPSA) is 122 Å². The van der Waals surface area contributed by atoms with Crippen molar-refractivity contribution in [1.29, 1.82) is 0 Å². The molecule has 1 unspecified atom stereocenters. The Bertz CT molecular complexity index is 1320. The number of carbonyl (C=O) groups is 2. The first-order valence-corrected chi connectivity index (χ1v) is 9.62. The normalized spacial score (nSPS) is 17.7. The van der Waals surface area contributed by atoms with Gasteiger partial charge in [-0.15, -0.1) is 0 Å². The molecule has 8 nitrogen and oxygen atoms in total. The van der Waals surface area contributed by atoms with Gasteiger partial charge in [0, 0.05) is 23.2 Å². The average molecular weight is 414 g/mol. The van der Waals surface area contributed by atoms with Crippen LogP contribution in [0.4, 0.5) is 4.79 Å². The van der Waals surface area contributed by atoms with Crippen molar-refractivity contribution in [2.24, 2.45) is 5.73 Å². The number of benzene rings is 3. The molecule has 1 aliphatic rings. The molecule has 0 bridgehead atoms. The van der Waals surface area contributed by atoms with E-state index in [4.69, 9.17) is 10.5 Å². The molecule has 2 heterocycles. The maximum Gasteiger partial charge on any atom is 0.412 e. The largest absolute Gasteiger partial charge is 0.412 e. The van der Waals surface area contributed by atoms with Crippen LogP contribution < -0.4 is 10.5 Å². The second-order valence-electron chi connectivity index (χ2n) is 7.29. The second-order valence-corrected chi connectivity index (χ2v) is 7.29. The minimum Gasteiger partial charge on any atom is -0.376 e. The SMILES string of the molecule is NC(=O)Oc1nc2ccc(C3(O)c4ccccc4C(=O)N3Cc3ccccc3)cc2[nH]1. The van der Waals surface area contributed by atoms with E-state index in [2.05, 4.69) is 9.97 Å². The van der Waals surface area contributed by atoms with Crippen LogP contribution in [0.15, 0.2) is 72.8 Å². The Morgan fingerprint density at radius 1 is 1.10 bits per heavy atom. The maximum absolute atomic E-state index is 13.3. The van der Waals surface area contributed by atoms with Crippen molar-refractivity contribution >= 4 is 23.0 Å². The molecule has 0 radical (unpaired) electrons. The molecule has 0 spiro atoms. The molecule has 5 rings (SSSR count). The molecule has 1 aliphatic heterocycles. The first-order valence-electron chi connectivity index (χ1n) is 9.62.